The third kappa shape index (κ3) is 8.36. The summed E-state index contributed by atoms with van der Waals surface area (Å²) in [4.78, 5) is 66.2. The summed E-state index contributed by atoms with van der Waals surface area (Å²) in [5.74, 6) is -4.30. The van der Waals surface area contributed by atoms with E-state index >= 15 is 0 Å². The number of esters is 1. The van der Waals surface area contributed by atoms with Gasteiger partial charge in [-0.1, -0.05) is 75.8 Å². The zero-order valence-electron chi connectivity index (χ0n) is 25.1. The lowest BCUT2D eigenvalue weighted by atomic mass is 9.97. The molecule has 11 heteroatoms. The second-order valence-electron chi connectivity index (χ2n) is 11.8. The molecule has 230 valence electrons. The zero-order chi connectivity index (χ0) is 31.0. The summed E-state index contributed by atoms with van der Waals surface area (Å²) in [6.45, 7) is 9.01. The Morgan fingerprint density at radius 3 is 2.31 bits per heavy atom. The monoisotopic (exact) mass is 601 g/mol. The van der Waals surface area contributed by atoms with Crippen LogP contribution < -0.4 is 10.6 Å². The number of nitrogens with zero attached hydrogens (tertiary/aromatic N) is 1. The van der Waals surface area contributed by atoms with Crippen molar-refractivity contribution in [2.75, 3.05) is 5.75 Å². The van der Waals surface area contributed by atoms with Crippen molar-refractivity contribution < 1.29 is 33.8 Å². The SMILES string of the molecule is CCCCCCCCC(C(=O)NC(C(=O)N[C@@H]1C(=O)N2C(C(=O)O)=C(C)CS[C@H]12)c1ccccc1)C(=O)OC(C)(C)C. The van der Waals surface area contributed by atoms with Gasteiger partial charge in [-0.05, 0) is 45.3 Å². The molecule has 1 aromatic rings. The number of hydrogen-bond donors (Lipinski definition) is 3. The van der Waals surface area contributed by atoms with Crippen LogP contribution in [0.3, 0.4) is 0 Å². The number of carbonyl (C=O) groups excluding carboxylic acids is 4. The number of fused-ring (bicyclic) bond motifs is 1. The molecule has 0 radical (unpaired) electrons. The van der Waals surface area contributed by atoms with Crippen LogP contribution in [0.15, 0.2) is 41.6 Å². The fourth-order valence-electron chi connectivity index (χ4n) is 5.06. The van der Waals surface area contributed by atoms with Crippen molar-refractivity contribution in [3.05, 3.63) is 47.2 Å². The molecule has 1 aromatic carbocycles. The van der Waals surface area contributed by atoms with Crippen molar-refractivity contribution in [3.8, 4) is 0 Å². The smallest absolute Gasteiger partial charge is 0.352 e. The van der Waals surface area contributed by atoms with E-state index in [9.17, 15) is 29.1 Å². The second-order valence-corrected chi connectivity index (χ2v) is 12.9. The first-order valence-corrected chi connectivity index (χ1v) is 15.7. The number of amides is 3. The van der Waals surface area contributed by atoms with Crippen molar-refractivity contribution in [2.45, 2.75) is 103 Å². The number of ether oxygens (including phenoxy) is 1. The first kappa shape index (κ1) is 33.2. The maximum Gasteiger partial charge on any atom is 0.352 e. The Kier molecular flexibility index (Phi) is 11.6. The van der Waals surface area contributed by atoms with E-state index in [2.05, 4.69) is 17.6 Å². The molecular weight excluding hydrogens is 558 g/mol. The highest BCUT2D eigenvalue weighted by Gasteiger charge is 2.54. The van der Waals surface area contributed by atoms with Crippen LogP contribution in [0.4, 0.5) is 0 Å². The molecule has 3 rings (SSSR count). The molecule has 2 aliphatic rings. The van der Waals surface area contributed by atoms with E-state index in [0.29, 0.717) is 23.3 Å². The molecule has 4 atom stereocenters. The van der Waals surface area contributed by atoms with E-state index in [-0.39, 0.29) is 12.1 Å². The van der Waals surface area contributed by atoms with Crippen molar-refractivity contribution in [1.29, 1.82) is 0 Å². The molecule has 3 N–H and O–H groups in total. The Labute approximate surface area is 252 Å². The van der Waals surface area contributed by atoms with Crippen LogP contribution in [0.25, 0.3) is 0 Å². The molecule has 1 fully saturated rings. The van der Waals surface area contributed by atoms with Gasteiger partial charge in [0.15, 0.2) is 0 Å². The fraction of sp³-hybridized carbons (Fsp3) is 0.581. The average Bonchev–Trinajstić information content (AvgIpc) is 2.93. The van der Waals surface area contributed by atoms with Gasteiger partial charge >= 0.3 is 11.9 Å². The van der Waals surface area contributed by atoms with E-state index in [1.165, 1.54) is 16.7 Å². The van der Waals surface area contributed by atoms with Crippen LogP contribution in [0.5, 0.6) is 0 Å². The van der Waals surface area contributed by atoms with Gasteiger partial charge in [-0.15, -0.1) is 11.8 Å². The van der Waals surface area contributed by atoms with Crippen LogP contribution in [-0.2, 0) is 28.7 Å². The minimum atomic E-state index is -1.19. The molecule has 2 aliphatic heterocycles. The molecule has 0 aliphatic carbocycles. The Morgan fingerprint density at radius 1 is 1.05 bits per heavy atom. The minimum Gasteiger partial charge on any atom is -0.477 e. The van der Waals surface area contributed by atoms with E-state index in [0.717, 1.165) is 32.1 Å². The first-order chi connectivity index (χ1) is 19.9. The van der Waals surface area contributed by atoms with Crippen molar-refractivity contribution in [3.63, 3.8) is 0 Å². The van der Waals surface area contributed by atoms with Gasteiger partial charge in [0, 0.05) is 5.75 Å². The zero-order valence-corrected chi connectivity index (χ0v) is 25.9. The summed E-state index contributed by atoms with van der Waals surface area (Å²) in [5, 5.41) is 14.5. The number of carboxylic acids is 1. The van der Waals surface area contributed by atoms with Crippen LogP contribution in [-0.4, -0.2) is 62.4 Å². The Bertz CT molecular complexity index is 1190. The molecule has 10 nitrogen and oxygen atoms in total. The van der Waals surface area contributed by atoms with E-state index < -0.39 is 58.6 Å². The van der Waals surface area contributed by atoms with Gasteiger partial charge in [0.25, 0.3) is 5.91 Å². The molecule has 42 heavy (non-hydrogen) atoms. The number of carbonyl (C=O) groups is 5. The summed E-state index contributed by atoms with van der Waals surface area (Å²) < 4.78 is 5.56. The third-order valence-electron chi connectivity index (χ3n) is 7.20. The molecule has 2 heterocycles. The number of carboxylic acid groups (broad SMARTS) is 1. The number of hydrogen-bond acceptors (Lipinski definition) is 7. The molecule has 0 bridgehead atoms. The number of thioether (sulfide) groups is 1. The number of unbranched alkanes of at least 4 members (excludes halogenated alkanes) is 5. The Hall–Kier alpha value is -3.34. The number of nitrogens with one attached hydrogen (secondary N) is 2. The summed E-state index contributed by atoms with van der Waals surface area (Å²) in [6.07, 6.45) is 6.18. The molecule has 3 amide bonds. The largest absolute Gasteiger partial charge is 0.477 e. The van der Waals surface area contributed by atoms with Gasteiger partial charge in [-0.3, -0.25) is 24.1 Å². The van der Waals surface area contributed by atoms with Gasteiger partial charge in [-0.2, -0.15) is 0 Å². The first-order valence-electron chi connectivity index (χ1n) is 14.6. The lowest BCUT2D eigenvalue weighted by Gasteiger charge is -2.49. The molecule has 0 aromatic heterocycles. The molecule has 0 spiro atoms. The molecular formula is C31H43N3O7S. The molecule has 0 saturated carbocycles. The fourth-order valence-corrected chi connectivity index (χ4v) is 6.35. The molecule has 1 saturated heterocycles. The summed E-state index contributed by atoms with van der Waals surface area (Å²) in [5.41, 5.74) is 0.211. The van der Waals surface area contributed by atoms with Crippen molar-refractivity contribution in [1.82, 2.24) is 15.5 Å². The summed E-state index contributed by atoms with van der Waals surface area (Å²) >= 11 is 1.37. The summed E-state index contributed by atoms with van der Waals surface area (Å²) in [7, 11) is 0. The lowest BCUT2D eigenvalue weighted by Crippen LogP contribution is -2.71. The third-order valence-corrected chi connectivity index (χ3v) is 8.62. The highest BCUT2D eigenvalue weighted by molar-refractivity contribution is 8.00. The van der Waals surface area contributed by atoms with Gasteiger partial charge in [-0.25, -0.2) is 4.79 Å². The second kappa shape index (κ2) is 14.7. The predicted molar refractivity (Wildman–Crippen MR) is 160 cm³/mol. The van der Waals surface area contributed by atoms with Crippen molar-refractivity contribution >= 4 is 41.4 Å². The topological polar surface area (TPSA) is 142 Å². The highest BCUT2D eigenvalue weighted by atomic mass is 32.2. The average molecular weight is 602 g/mol. The van der Waals surface area contributed by atoms with E-state index in [1.807, 2.05) is 0 Å². The van der Waals surface area contributed by atoms with Crippen LogP contribution in [0, 0.1) is 5.92 Å². The Balaban J connectivity index is 1.77. The van der Waals surface area contributed by atoms with E-state index in [1.54, 1.807) is 58.0 Å². The standard InChI is InChI=1S/C31H43N3O7S/c1-6-7-8-9-10-14-17-21(30(40)41-31(3,4)5)25(35)32-22(20-15-12-11-13-16-20)26(36)33-23-27(37)34-24(29(38)39)19(2)18-42-28(23)34/h11-13,15-16,21-23,28H,6-10,14,17-18H2,1-5H3,(H,32,35)(H,33,36)(H,38,39)/t21?,22?,23-,28-/m1/s1. The number of benzene rings is 1. The molecule has 2 unspecified atom stereocenters. The van der Waals surface area contributed by atoms with Crippen LogP contribution >= 0.6 is 11.8 Å². The van der Waals surface area contributed by atoms with Crippen LogP contribution in [0.1, 0.15) is 91.2 Å². The van der Waals surface area contributed by atoms with Gasteiger partial charge in [0.1, 0.15) is 34.7 Å². The Morgan fingerprint density at radius 2 is 1.69 bits per heavy atom. The normalized spacial score (nSPS) is 19.7. The maximum atomic E-state index is 13.6. The van der Waals surface area contributed by atoms with Crippen molar-refractivity contribution in [2.24, 2.45) is 5.92 Å². The number of aliphatic carboxylic acids is 1. The van der Waals surface area contributed by atoms with Gasteiger partial charge in [0.05, 0.1) is 0 Å². The van der Waals surface area contributed by atoms with E-state index in [4.69, 9.17) is 4.74 Å². The summed E-state index contributed by atoms with van der Waals surface area (Å²) in [6, 6.07) is 6.46. The van der Waals surface area contributed by atoms with Crippen LogP contribution in [0.2, 0.25) is 0 Å². The van der Waals surface area contributed by atoms with Gasteiger partial charge < -0.3 is 20.5 Å². The lowest BCUT2D eigenvalue weighted by molar-refractivity contribution is -0.163. The highest BCUT2D eigenvalue weighted by Crippen LogP contribution is 2.40. The number of rotatable bonds is 14. The minimum absolute atomic E-state index is 0.0583. The predicted octanol–water partition coefficient (Wildman–Crippen LogP) is 4.31. The number of β-lactam (4-membered cyclic amide) rings is 1. The quantitative estimate of drug-likeness (QED) is 0.124. The van der Waals surface area contributed by atoms with Gasteiger partial charge in [0.2, 0.25) is 11.8 Å². The maximum absolute atomic E-state index is 13.6.